The molecule has 1 saturated heterocycles. The fourth-order valence-electron chi connectivity index (χ4n) is 3.67. The Morgan fingerprint density at radius 2 is 2.06 bits per heavy atom. The maximum absolute atomic E-state index is 12.4. The lowest BCUT2D eigenvalue weighted by molar-refractivity contribution is -0.117. The number of carbonyl (C=O) groups is 2. The molecule has 7 heteroatoms. The second-order valence-electron chi connectivity index (χ2n) is 7.42. The van der Waals surface area contributed by atoms with Crippen molar-refractivity contribution in [2.45, 2.75) is 32.1 Å². The Kier molecular flexibility index (Phi) is 6.31. The number of benzene rings is 2. The highest BCUT2D eigenvalue weighted by Gasteiger charge is 2.24. The molecule has 3 aromatic rings. The third-order valence-electron chi connectivity index (χ3n) is 5.23. The van der Waals surface area contributed by atoms with Crippen LogP contribution in [-0.4, -0.2) is 30.5 Å². The van der Waals surface area contributed by atoms with Gasteiger partial charge in [0.25, 0.3) is 0 Å². The Bertz CT molecular complexity index is 1060. The van der Waals surface area contributed by atoms with Gasteiger partial charge < -0.3 is 19.4 Å². The van der Waals surface area contributed by atoms with Crippen LogP contribution in [0.3, 0.4) is 0 Å². The molecule has 1 aromatic heterocycles. The molecule has 0 bridgehead atoms. The van der Waals surface area contributed by atoms with Crippen molar-refractivity contribution in [2.24, 2.45) is 0 Å². The maximum Gasteiger partial charge on any atom is 0.227 e. The summed E-state index contributed by atoms with van der Waals surface area (Å²) in [5.41, 5.74) is 2.35. The molecule has 2 amide bonds. The Balaban J connectivity index is 1.30. The molecule has 1 aliphatic rings. The van der Waals surface area contributed by atoms with E-state index in [0.717, 1.165) is 23.4 Å². The number of rotatable bonds is 8. The van der Waals surface area contributed by atoms with Gasteiger partial charge in [-0.25, -0.2) is 4.98 Å². The summed E-state index contributed by atoms with van der Waals surface area (Å²) < 4.78 is 11.2. The van der Waals surface area contributed by atoms with Crippen LogP contribution >= 0.6 is 0 Å². The zero-order valence-corrected chi connectivity index (χ0v) is 17.5. The summed E-state index contributed by atoms with van der Waals surface area (Å²) in [6.45, 7) is 0.688. The van der Waals surface area contributed by atoms with E-state index >= 15 is 0 Å². The van der Waals surface area contributed by atoms with Crippen LogP contribution in [0.1, 0.15) is 31.6 Å². The topological polar surface area (TPSA) is 84.7 Å². The minimum Gasteiger partial charge on any atom is -0.494 e. The molecule has 4 rings (SSSR count). The van der Waals surface area contributed by atoms with Crippen LogP contribution < -0.4 is 15.0 Å². The van der Waals surface area contributed by atoms with Crippen molar-refractivity contribution in [2.75, 3.05) is 23.9 Å². The Morgan fingerprint density at radius 1 is 1.23 bits per heavy atom. The van der Waals surface area contributed by atoms with E-state index in [4.69, 9.17) is 9.15 Å². The molecule has 160 valence electrons. The molecule has 0 atom stereocenters. The smallest absolute Gasteiger partial charge is 0.227 e. The van der Waals surface area contributed by atoms with Crippen molar-refractivity contribution in [1.29, 1.82) is 0 Å². The van der Waals surface area contributed by atoms with Crippen molar-refractivity contribution >= 4 is 23.2 Å². The van der Waals surface area contributed by atoms with Gasteiger partial charge in [0.1, 0.15) is 5.75 Å². The molecule has 0 aliphatic carbocycles. The molecule has 7 nitrogen and oxygen atoms in total. The number of carbonyl (C=O) groups excluding carboxylic acids is 2. The number of aromatic nitrogens is 1. The number of hydrogen-bond donors (Lipinski definition) is 1. The predicted octanol–water partition coefficient (Wildman–Crippen LogP) is 4.44. The highest BCUT2D eigenvalue weighted by atomic mass is 16.5. The first-order valence-electron chi connectivity index (χ1n) is 10.4. The van der Waals surface area contributed by atoms with Gasteiger partial charge in [-0.05, 0) is 25.0 Å². The summed E-state index contributed by atoms with van der Waals surface area (Å²) in [5.74, 6) is 1.91. The van der Waals surface area contributed by atoms with Crippen LogP contribution in [0.5, 0.6) is 5.75 Å². The first kappa shape index (κ1) is 20.7. The van der Waals surface area contributed by atoms with Gasteiger partial charge in [0.05, 0.1) is 19.0 Å². The third-order valence-corrected chi connectivity index (χ3v) is 5.23. The van der Waals surface area contributed by atoms with Crippen LogP contribution in [0.25, 0.3) is 11.3 Å². The monoisotopic (exact) mass is 419 g/mol. The molecule has 1 N–H and O–H groups in total. The van der Waals surface area contributed by atoms with Crippen LogP contribution in [0.15, 0.2) is 59.1 Å². The summed E-state index contributed by atoms with van der Waals surface area (Å²) in [6.07, 6.45) is 4.66. The zero-order chi connectivity index (χ0) is 21.6. The van der Waals surface area contributed by atoms with Crippen molar-refractivity contribution in [3.63, 3.8) is 0 Å². The summed E-state index contributed by atoms with van der Waals surface area (Å²) in [6, 6.07) is 15.2. The molecular formula is C24H25N3O4. The van der Waals surface area contributed by atoms with Crippen molar-refractivity contribution < 1.29 is 18.7 Å². The molecule has 1 fully saturated rings. The normalized spacial score (nSPS) is 13.5. The molecular weight excluding hydrogens is 394 g/mol. The molecule has 0 saturated carbocycles. The van der Waals surface area contributed by atoms with E-state index in [1.165, 1.54) is 0 Å². The lowest BCUT2D eigenvalue weighted by atomic mass is 10.2. The number of nitrogens with one attached hydrogen (secondary N) is 1. The van der Waals surface area contributed by atoms with Gasteiger partial charge in [-0.2, -0.15) is 0 Å². The van der Waals surface area contributed by atoms with Crippen LogP contribution in [0, 0.1) is 0 Å². The van der Waals surface area contributed by atoms with E-state index in [-0.39, 0.29) is 11.8 Å². The van der Waals surface area contributed by atoms with Gasteiger partial charge in [-0.3, -0.25) is 9.59 Å². The summed E-state index contributed by atoms with van der Waals surface area (Å²) in [4.78, 5) is 30.4. The second-order valence-corrected chi connectivity index (χ2v) is 7.42. The number of amides is 2. The lowest BCUT2D eigenvalue weighted by Crippen LogP contribution is -2.24. The Hall–Kier alpha value is -3.61. The first-order chi connectivity index (χ1) is 15.1. The number of methoxy groups -OCH3 is 1. The van der Waals surface area contributed by atoms with Crippen LogP contribution in [0.2, 0.25) is 0 Å². The minimum absolute atomic E-state index is 0.0945. The second kappa shape index (κ2) is 9.47. The van der Waals surface area contributed by atoms with E-state index in [9.17, 15) is 9.59 Å². The van der Waals surface area contributed by atoms with E-state index in [1.807, 2.05) is 36.4 Å². The first-order valence-corrected chi connectivity index (χ1v) is 10.4. The molecule has 0 spiro atoms. The largest absolute Gasteiger partial charge is 0.494 e. The minimum atomic E-state index is -0.0955. The van der Waals surface area contributed by atoms with Crippen LogP contribution in [0.4, 0.5) is 11.4 Å². The fourth-order valence-corrected chi connectivity index (χ4v) is 3.67. The van der Waals surface area contributed by atoms with E-state index in [1.54, 1.807) is 30.3 Å². The lowest BCUT2D eigenvalue weighted by Gasteiger charge is -2.19. The SMILES string of the molecule is COc1cc(NC(=O)CCCc2ncc(-c3ccccc3)o2)ccc1N1CCCC1=O. The molecule has 0 radical (unpaired) electrons. The van der Waals surface area contributed by atoms with E-state index < -0.39 is 0 Å². The van der Waals surface area contributed by atoms with Crippen molar-refractivity contribution in [3.05, 3.63) is 60.6 Å². The van der Waals surface area contributed by atoms with Crippen molar-refractivity contribution in [3.8, 4) is 17.1 Å². The standard InChI is InChI=1S/C24H25N3O4/c1-30-20-15-18(12-13-19(20)27-14-6-11-24(27)29)26-22(28)9-5-10-23-25-16-21(31-23)17-7-3-2-4-8-17/h2-4,7-8,12-13,15-16H,5-6,9-11,14H2,1H3,(H,26,28). The number of oxazole rings is 1. The van der Waals surface area contributed by atoms with Gasteiger partial charge in [-0.1, -0.05) is 30.3 Å². The number of ether oxygens (including phenoxy) is 1. The number of nitrogens with zero attached hydrogens (tertiary/aromatic N) is 2. The Labute approximate surface area is 181 Å². The van der Waals surface area contributed by atoms with Gasteiger partial charge >= 0.3 is 0 Å². The average Bonchev–Trinajstić information content (AvgIpc) is 3.43. The van der Waals surface area contributed by atoms with Crippen LogP contribution in [-0.2, 0) is 16.0 Å². The van der Waals surface area contributed by atoms with Gasteiger partial charge in [0.2, 0.25) is 11.8 Å². The zero-order valence-electron chi connectivity index (χ0n) is 17.5. The van der Waals surface area contributed by atoms with E-state index in [2.05, 4.69) is 10.3 Å². The number of anilines is 2. The third kappa shape index (κ3) is 4.94. The summed E-state index contributed by atoms with van der Waals surface area (Å²) in [5, 5.41) is 2.89. The number of hydrogen-bond acceptors (Lipinski definition) is 5. The highest BCUT2D eigenvalue weighted by Crippen LogP contribution is 2.34. The Morgan fingerprint density at radius 3 is 2.81 bits per heavy atom. The number of aryl methyl sites for hydroxylation is 1. The van der Waals surface area contributed by atoms with E-state index in [0.29, 0.717) is 49.6 Å². The summed E-state index contributed by atoms with van der Waals surface area (Å²) >= 11 is 0. The van der Waals surface area contributed by atoms with Crippen molar-refractivity contribution in [1.82, 2.24) is 4.98 Å². The quantitative estimate of drug-likeness (QED) is 0.584. The van der Waals surface area contributed by atoms with Gasteiger partial charge in [-0.15, -0.1) is 0 Å². The maximum atomic E-state index is 12.4. The molecule has 2 aromatic carbocycles. The molecule has 1 aliphatic heterocycles. The van der Waals surface area contributed by atoms with Gasteiger partial charge in [0, 0.05) is 43.1 Å². The highest BCUT2D eigenvalue weighted by molar-refractivity contribution is 5.97. The fraction of sp³-hybridized carbons (Fsp3) is 0.292. The molecule has 2 heterocycles. The predicted molar refractivity (Wildman–Crippen MR) is 118 cm³/mol. The summed E-state index contributed by atoms with van der Waals surface area (Å²) in [7, 11) is 1.56. The average molecular weight is 419 g/mol. The molecule has 0 unspecified atom stereocenters. The van der Waals surface area contributed by atoms with Gasteiger partial charge in [0.15, 0.2) is 11.7 Å². The molecule has 31 heavy (non-hydrogen) atoms.